The minimum Gasteiger partial charge on any atom is -0.352 e. The number of hydrogen-bond acceptors (Lipinski definition) is 4. The Balaban J connectivity index is 2.66. The van der Waals surface area contributed by atoms with Crippen molar-refractivity contribution in [2.75, 3.05) is 13.1 Å². The topological polar surface area (TPSA) is 86.8 Å². The minimum atomic E-state index is -0.926. The third-order valence-corrected chi connectivity index (χ3v) is 3.19. The molecule has 0 bridgehead atoms. The second-order valence-corrected chi connectivity index (χ2v) is 4.86. The largest absolute Gasteiger partial charge is 0.352 e. The van der Waals surface area contributed by atoms with E-state index in [1.165, 1.54) is 0 Å². The third-order valence-electron chi connectivity index (χ3n) is 3.19. The van der Waals surface area contributed by atoms with E-state index in [0.717, 1.165) is 17.7 Å². The van der Waals surface area contributed by atoms with E-state index in [1.54, 1.807) is 0 Å². The average molecular weight is 283 g/mol. The zero-order valence-corrected chi connectivity index (χ0v) is 12.1. The summed E-state index contributed by atoms with van der Waals surface area (Å²) in [5, 5.41) is 2.66. The molecule has 0 unspecified atom stereocenters. The van der Waals surface area contributed by atoms with Crippen molar-refractivity contribution in [1.82, 2.24) is 15.1 Å². The van der Waals surface area contributed by atoms with Crippen LogP contribution in [-0.4, -0.2) is 52.7 Å². The van der Waals surface area contributed by atoms with Crippen molar-refractivity contribution in [3.05, 3.63) is 0 Å². The van der Waals surface area contributed by atoms with Crippen molar-refractivity contribution in [3.8, 4) is 0 Å². The summed E-state index contributed by atoms with van der Waals surface area (Å²) in [6, 6.07) is -0.741. The lowest BCUT2D eigenvalue weighted by atomic mass is 10.2. The van der Waals surface area contributed by atoms with Gasteiger partial charge in [0, 0.05) is 12.6 Å². The molecule has 0 aliphatic carbocycles. The molecule has 0 saturated carbocycles. The molecule has 1 atom stereocenters. The van der Waals surface area contributed by atoms with Gasteiger partial charge in [-0.1, -0.05) is 20.3 Å². The number of urea groups is 1. The second-order valence-electron chi connectivity index (χ2n) is 4.86. The smallest absolute Gasteiger partial charge is 0.334 e. The molecule has 0 aromatic rings. The Hall–Kier alpha value is -1.92. The van der Waals surface area contributed by atoms with E-state index >= 15 is 0 Å². The van der Waals surface area contributed by atoms with Crippen molar-refractivity contribution in [3.63, 3.8) is 0 Å². The predicted octanol–water partition coefficient (Wildman–Crippen LogP) is 0.492. The summed E-state index contributed by atoms with van der Waals surface area (Å²) < 4.78 is 0. The van der Waals surface area contributed by atoms with E-state index in [-0.39, 0.29) is 12.6 Å². The highest BCUT2D eigenvalue weighted by molar-refractivity contribution is 6.45. The number of rotatable bonds is 7. The van der Waals surface area contributed by atoms with Crippen LogP contribution in [0.4, 0.5) is 4.79 Å². The van der Waals surface area contributed by atoms with Crippen LogP contribution in [0.5, 0.6) is 0 Å². The molecule has 0 aromatic carbocycles. The first kappa shape index (κ1) is 16.1. The number of carbonyl (C=O) groups excluding carboxylic acids is 4. The highest BCUT2D eigenvalue weighted by Crippen LogP contribution is 2.12. The molecular weight excluding hydrogens is 262 g/mol. The summed E-state index contributed by atoms with van der Waals surface area (Å²) in [6.45, 7) is 5.46. The maximum Gasteiger partial charge on any atom is 0.334 e. The van der Waals surface area contributed by atoms with Gasteiger partial charge in [-0.05, 0) is 19.8 Å². The van der Waals surface area contributed by atoms with Crippen LogP contribution < -0.4 is 5.32 Å². The Morgan fingerprint density at radius 1 is 1.15 bits per heavy atom. The molecule has 1 rings (SSSR count). The molecule has 5 amide bonds. The first-order valence-corrected chi connectivity index (χ1v) is 6.89. The monoisotopic (exact) mass is 283 g/mol. The van der Waals surface area contributed by atoms with Gasteiger partial charge < -0.3 is 5.32 Å². The Labute approximate surface area is 118 Å². The lowest BCUT2D eigenvalue weighted by molar-refractivity contribution is -0.144. The normalized spacial score (nSPS) is 16.9. The fourth-order valence-corrected chi connectivity index (χ4v) is 1.77. The van der Waals surface area contributed by atoms with E-state index < -0.39 is 30.3 Å². The zero-order chi connectivity index (χ0) is 15.3. The van der Waals surface area contributed by atoms with Gasteiger partial charge in [0.2, 0.25) is 5.91 Å². The maximum atomic E-state index is 12.0. The van der Waals surface area contributed by atoms with E-state index in [4.69, 9.17) is 0 Å². The quantitative estimate of drug-likeness (QED) is 0.544. The van der Waals surface area contributed by atoms with Crippen LogP contribution in [0, 0.1) is 0 Å². The number of nitrogens with zero attached hydrogens (tertiary/aromatic N) is 2. The summed E-state index contributed by atoms with van der Waals surface area (Å²) in [5.74, 6) is -2.21. The summed E-state index contributed by atoms with van der Waals surface area (Å²) in [4.78, 5) is 48.7. The lowest BCUT2D eigenvalue weighted by Gasteiger charge is -2.16. The number of imide groups is 2. The third kappa shape index (κ3) is 3.55. The Kier molecular flexibility index (Phi) is 5.66. The van der Waals surface area contributed by atoms with Crippen LogP contribution in [0.2, 0.25) is 0 Å². The van der Waals surface area contributed by atoms with E-state index in [2.05, 4.69) is 5.32 Å². The van der Waals surface area contributed by atoms with Gasteiger partial charge in [0.25, 0.3) is 0 Å². The van der Waals surface area contributed by atoms with Crippen molar-refractivity contribution in [2.45, 2.75) is 46.1 Å². The molecule has 7 nitrogen and oxygen atoms in total. The zero-order valence-electron chi connectivity index (χ0n) is 12.1. The fourth-order valence-electron chi connectivity index (χ4n) is 1.77. The Morgan fingerprint density at radius 2 is 1.75 bits per heavy atom. The lowest BCUT2D eigenvalue weighted by Crippen LogP contribution is -2.43. The molecule has 0 spiro atoms. The first-order valence-electron chi connectivity index (χ1n) is 6.89. The van der Waals surface area contributed by atoms with Gasteiger partial charge in [-0.3, -0.25) is 19.3 Å². The molecule has 0 radical (unpaired) electrons. The molecule has 1 N–H and O–H groups in total. The highest BCUT2D eigenvalue weighted by Gasteiger charge is 2.44. The molecule has 112 valence electrons. The first-order chi connectivity index (χ1) is 9.42. The number of carbonyl (C=O) groups is 4. The minimum absolute atomic E-state index is 0.0396. The predicted molar refractivity (Wildman–Crippen MR) is 71.6 cm³/mol. The van der Waals surface area contributed by atoms with Gasteiger partial charge in [0.1, 0.15) is 6.54 Å². The summed E-state index contributed by atoms with van der Waals surface area (Å²) >= 11 is 0. The molecule has 1 heterocycles. The number of nitrogens with one attached hydrogen (secondary N) is 1. The summed E-state index contributed by atoms with van der Waals surface area (Å²) in [5.41, 5.74) is 0. The molecule has 0 aromatic heterocycles. The molecule has 1 aliphatic rings. The van der Waals surface area contributed by atoms with Crippen LogP contribution in [-0.2, 0) is 14.4 Å². The average Bonchev–Trinajstić information content (AvgIpc) is 2.61. The van der Waals surface area contributed by atoms with E-state index in [0.29, 0.717) is 11.3 Å². The molecule has 20 heavy (non-hydrogen) atoms. The van der Waals surface area contributed by atoms with E-state index in [9.17, 15) is 19.2 Å². The molecule has 7 heteroatoms. The van der Waals surface area contributed by atoms with E-state index in [1.807, 2.05) is 20.8 Å². The number of hydrogen-bond donors (Lipinski definition) is 1. The van der Waals surface area contributed by atoms with Crippen LogP contribution in [0.3, 0.4) is 0 Å². The van der Waals surface area contributed by atoms with Crippen molar-refractivity contribution >= 4 is 23.8 Å². The van der Waals surface area contributed by atoms with Crippen LogP contribution >= 0.6 is 0 Å². The highest BCUT2D eigenvalue weighted by atomic mass is 16.2. The Bertz CT molecular complexity index is 422. The van der Waals surface area contributed by atoms with Gasteiger partial charge in [-0.2, -0.15) is 0 Å². The molecule has 1 aliphatic heterocycles. The summed E-state index contributed by atoms with van der Waals surface area (Å²) in [6.07, 6.45) is 2.19. The SMILES string of the molecule is CCCCN1C(=O)C(=O)N(CC(=O)N[C@@H](C)CC)C1=O. The maximum absolute atomic E-state index is 12.0. The van der Waals surface area contributed by atoms with Gasteiger partial charge in [0.05, 0.1) is 0 Å². The van der Waals surface area contributed by atoms with Gasteiger partial charge >= 0.3 is 17.8 Å². The second kappa shape index (κ2) is 7.02. The Morgan fingerprint density at radius 3 is 2.30 bits per heavy atom. The summed E-state index contributed by atoms with van der Waals surface area (Å²) in [7, 11) is 0. The van der Waals surface area contributed by atoms with Gasteiger partial charge in [0.15, 0.2) is 0 Å². The van der Waals surface area contributed by atoms with Crippen molar-refractivity contribution in [1.29, 1.82) is 0 Å². The van der Waals surface area contributed by atoms with Crippen molar-refractivity contribution in [2.24, 2.45) is 0 Å². The standard InChI is InChI=1S/C13H21N3O4/c1-4-6-7-15-11(18)12(19)16(13(15)20)8-10(17)14-9(3)5-2/h9H,4-8H2,1-3H3,(H,14,17)/t9-/m0/s1. The molecule has 1 fully saturated rings. The van der Waals surface area contributed by atoms with Gasteiger partial charge in [-0.15, -0.1) is 0 Å². The molecular formula is C13H21N3O4. The van der Waals surface area contributed by atoms with Gasteiger partial charge in [-0.25, -0.2) is 9.69 Å². The fraction of sp³-hybridized carbons (Fsp3) is 0.692. The van der Waals surface area contributed by atoms with Crippen LogP contribution in [0.1, 0.15) is 40.0 Å². The van der Waals surface area contributed by atoms with Crippen molar-refractivity contribution < 1.29 is 19.2 Å². The molecule has 1 saturated heterocycles. The number of unbranched alkanes of at least 4 members (excludes halogenated alkanes) is 1. The number of amides is 5. The van der Waals surface area contributed by atoms with Crippen LogP contribution in [0.15, 0.2) is 0 Å². The van der Waals surface area contributed by atoms with Crippen LogP contribution in [0.25, 0.3) is 0 Å².